The zero-order chi connectivity index (χ0) is 17.4. The maximum absolute atomic E-state index is 12.6. The second kappa shape index (κ2) is 8.96. The number of hydrogen-bond acceptors (Lipinski definition) is 1. The molecule has 0 saturated heterocycles. The first kappa shape index (κ1) is 18.7. The van der Waals surface area contributed by atoms with E-state index in [4.69, 9.17) is 11.6 Å². The van der Waals surface area contributed by atoms with E-state index in [1.54, 1.807) is 30.3 Å². The normalized spacial score (nSPS) is 11.2. The molecule has 1 rings (SSSR count). The van der Waals surface area contributed by atoms with Gasteiger partial charge in [-0.3, -0.25) is 4.79 Å². The summed E-state index contributed by atoms with van der Waals surface area (Å²) in [5.74, 6) is -0.168. The highest BCUT2D eigenvalue weighted by molar-refractivity contribution is 6.30. The van der Waals surface area contributed by atoms with E-state index in [1.165, 1.54) is 0 Å². The Kier molecular flexibility index (Phi) is 7.30. The molecular weight excluding hydrogens is 306 g/mol. The van der Waals surface area contributed by atoms with E-state index in [2.05, 4.69) is 18.5 Å². The summed E-state index contributed by atoms with van der Waals surface area (Å²) in [6.45, 7) is 13.3. The van der Waals surface area contributed by atoms with Gasteiger partial charge in [0, 0.05) is 16.3 Å². The van der Waals surface area contributed by atoms with Crippen molar-refractivity contribution in [3.8, 4) is 0 Å². The van der Waals surface area contributed by atoms with Crippen molar-refractivity contribution in [1.82, 2.24) is 0 Å². The van der Waals surface area contributed by atoms with E-state index in [-0.39, 0.29) is 5.91 Å². The van der Waals surface area contributed by atoms with E-state index < -0.39 is 0 Å². The minimum atomic E-state index is -0.168. The Balaban J connectivity index is 3.11. The summed E-state index contributed by atoms with van der Waals surface area (Å²) in [6.07, 6.45) is 7.23. The summed E-state index contributed by atoms with van der Waals surface area (Å²) in [5, 5.41) is 3.51. The number of allylic oxidation sites excluding steroid dienone is 6. The lowest BCUT2D eigenvalue weighted by Gasteiger charge is -2.10. The van der Waals surface area contributed by atoms with Crippen LogP contribution in [0.25, 0.3) is 0 Å². The first-order valence-corrected chi connectivity index (χ1v) is 7.64. The van der Waals surface area contributed by atoms with Crippen LogP contribution >= 0.6 is 11.6 Å². The topological polar surface area (TPSA) is 29.1 Å². The summed E-state index contributed by atoms with van der Waals surface area (Å²) in [4.78, 5) is 12.6. The van der Waals surface area contributed by atoms with Gasteiger partial charge >= 0.3 is 0 Å². The number of carbonyl (C=O) groups is 1. The van der Waals surface area contributed by atoms with Gasteiger partial charge in [0.25, 0.3) is 5.91 Å². The Bertz CT molecular complexity index is 687. The minimum Gasteiger partial charge on any atom is -0.322 e. The quantitative estimate of drug-likeness (QED) is 0.514. The molecule has 1 aromatic rings. The first-order valence-electron chi connectivity index (χ1n) is 7.26. The fraction of sp³-hybridized carbons (Fsp3) is 0.150. The molecule has 1 N–H and O–H groups in total. The van der Waals surface area contributed by atoms with Crippen molar-refractivity contribution in [2.45, 2.75) is 20.8 Å². The summed E-state index contributed by atoms with van der Waals surface area (Å²) in [6, 6.07) is 7.01. The zero-order valence-electron chi connectivity index (χ0n) is 13.8. The van der Waals surface area contributed by atoms with Crippen LogP contribution in [0.15, 0.2) is 84.0 Å². The molecular formula is C20H22ClNO. The van der Waals surface area contributed by atoms with Crippen LogP contribution in [0.1, 0.15) is 20.8 Å². The number of nitrogens with one attached hydrogen (secondary N) is 1. The van der Waals surface area contributed by atoms with Crippen LogP contribution in [0.3, 0.4) is 0 Å². The van der Waals surface area contributed by atoms with Crippen LogP contribution in [0.4, 0.5) is 5.69 Å². The summed E-state index contributed by atoms with van der Waals surface area (Å²) in [7, 11) is 0. The third-order valence-electron chi connectivity index (χ3n) is 3.09. The van der Waals surface area contributed by atoms with Gasteiger partial charge < -0.3 is 5.32 Å². The van der Waals surface area contributed by atoms with Crippen LogP contribution in [0.2, 0.25) is 5.02 Å². The zero-order valence-corrected chi connectivity index (χ0v) is 14.6. The van der Waals surface area contributed by atoms with Crippen molar-refractivity contribution in [3.05, 3.63) is 89.0 Å². The van der Waals surface area contributed by atoms with Crippen molar-refractivity contribution in [2.75, 3.05) is 5.32 Å². The summed E-state index contributed by atoms with van der Waals surface area (Å²) in [5.41, 5.74) is 3.98. The second-order valence-corrected chi connectivity index (χ2v) is 5.79. The highest BCUT2D eigenvalue weighted by Crippen LogP contribution is 2.18. The van der Waals surface area contributed by atoms with Gasteiger partial charge in [0.2, 0.25) is 0 Å². The monoisotopic (exact) mass is 327 g/mol. The van der Waals surface area contributed by atoms with Gasteiger partial charge in [0.05, 0.1) is 0 Å². The SMILES string of the molecule is C=CC=CC(=CC(C(=O)Nc1ccc(Cl)cc1)=C(C)C)C(=C)C. The Morgan fingerprint density at radius 2 is 1.78 bits per heavy atom. The molecule has 0 unspecified atom stereocenters. The van der Waals surface area contributed by atoms with Crippen molar-refractivity contribution in [2.24, 2.45) is 0 Å². The molecule has 0 aromatic heterocycles. The third kappa shape index (κ3) is 6.13. The number of anilines is 1. The van der Waals surface area contributed by atoms with E-state index in [1.807, 2.05) is 39.0 Å². The molecule has 120 valence electrons. The molecule has 0 fully saturated rings. The molecule has 1 amide bonds. The van der Waals surface area contributed by atoms with Crippen LogP contribution in [0.5, 0.6) is 0 Å². The molecule has 0 heterocycles. The number of amides is 1. The number of rotatable bonds is 6. The Hall–Kier alpha value is -2.32. The van der Waals surface area contributed by atoms with E-state index in [9.17, 15) is 4.79 Å². The molecule has 0 aliphatic heterocycles. The number of carbonyl (C=O) groups excluding carboxylic acids is 1. The highest BCUT2D eigenvalue weighted by atomic mass is 35.5. The molecule has 3 heteroatoms. The molecule has 0 aliphatic carbocycles. The average molecular weight is 328 g/mol. The van der Waals surface area contributed by atoms with Crippen molar-refractivity contribution in [3.63, 3.8) is 0 Å². The largest absolute Gasteiger partial charge is 0.322 e. The Labute approximate surface area is 143 Å². The molecule has 0 atom stereocenters. The molecule has 1 aromatic carbocycles. The molecule has 0 radical (unpaired) electrons. The molecule has 23 heavy (non-hydrogen) atoms. The molecule has 0 spiro atoms. The van der Waals surface area contributed by atoms with Gasteiger partial charge in [-0.05, 0) is 56.7 Å². The smallest absolute Gasteiger partial charge is 0.255 e. The average Bonchev–Trinajstić information content (AvgIpc) is 2.48. The lowest BCUT2D eigenvalue weighted by atomic mass is 10.0. The van der Waals surface area contributed by atoms with E-state index in [0.717, 1.165) is 16.7 Å². The first-order chi connectivity index (χ1) is 10.8. The number of hydrogen-bond donors (Lipinski definition) is 1. The lowest BCUT2D eigenvalue weighted by Crippen LogP contribution is -2.14. The van der Waals surface area contributed by atoms with Crippen LogP contribution in [0, 0.1) is 0 Å². The fourth-order valence-electron chi connectivity index (χ4n) is 1.81. The third-order valence-corrected chi connectivity index (χ3v) is 3.34. The van der Waals surface area contributed by atoms with Crippen molar-refractivity contribution in [1.29, 1.82) is 0 Å². The lowest BCUT2D eigenvalue weighted by molar-refractivity contribution is -0.112. The Morgan fingerprint density at radius 1 is 1.17 bits per heavy atom. The maximum atomic E-state index is 12.6. The molecule has 0 saturated carbocycles. The Morgan fingerprint density at radius 3 is 2.26 bits per heavy atom. The highest BCUT2D eigenvalue weighted by Gasteiger charge is 2.10. The van der Waals surface area contributed by atoms with Crippen LogP contribution < -0.4 is 5.32 Å². The van der Waals surface area contributed by atoms with Crippen LogP contribution in [-0.4, -0.2) is 5.91 Å². The van der Waals surface area contributed by atoms with Gasteiger partial charge in [-0.1, -0.05) is 54.1 Å². The maximum Gasteiger partial charge on any atom is 0.255 e. The van der Waals surface area contributed by atoms with Gasteiger partial charge in [-0.15, -0.1) is 0 Å². The number of benzene rings is 1. The van der Waals surface area contributed by atoms with Gasteiger partial charge in [0.1, 0.15) is 0 Å². The van der Waals surface area contributed by atoms with Gasteiger partial charge in [-0.25, -0.2) is 0 Å². The second-order valence-electron chi connectivity index (χ2n) is 5.35. The minimum absolute atomic E-state index is 0.168. The fourth-order valence-corrected chi connectivity index (χ4v) is 1.94. The predicted molar refractivity (Wildman–Crippen MR) is 101 cm³/mol. The number of halogens is 1. The van der Waals surface area contributed by atoms with Gasteiger partial charge in [0.15, 0.2) is 0 Å². The predicted octanol–water partition coefficient (Wildman–Crippen LogP) is 5.86. The molecule has 2 nitrogen and oxygen atoms in total. The molecule has 0 aliphatic rings. The standard InChI is InChI=1S/C20H22ClNO/c1-6-7-8-16(14(2)3)13-19(15(4)5)20(23)22-18-11-9-17(21)10-12-18/h6-13H,1-2H2,3-5H3,(H,22,23). The van der Waals surface area contributed by atoms with Gasteiger partial charge in [-0.2, -0.15) is 0 Å². The molecule has 0 bridgehead atoms. The van der Waals surface area contributed by atoms with E-state index in [0.29, 0.717) is 16.3 Å². The van der Waals surface area contributed by atoms with Crippen molar-refractivity contribution >= 4 is 23.2 Å². The van der Waals surface area contributed by atoms with E-state index >= 15 is 0 Å². The van der Waals surface area contributed by atoms with Crippen LogP contribution in [-0.2, 0) is 4.79 Å². The summed E-state index contributed by atoms with van der Waals surface area (Å²) < 4.78 is 0. The van der Waals surface area contributed by atoms with Crippen molar-refractivity contribution < 1.29 is 4.79 Å². The summed E-state index contributed by atoms with van der Waals surface area (Å²) >= 11 is 5.86.